The van der Waals surface area contributed by atoms with Gasteiger partial charge in [-0.3, -0.25) is 4.79 Å². The van der Waals surface area contributed by atoms with E-state index in [0.29, 0.717) is 24.0 Å². The molecule has 1 aromatic heterocycles. The molecule has 1 aromatic carbocycles. The van der Waals surface area contributed by atoms with Crippen LogP contribution in [0.4, 0.5) is 0 Å². The van der Waals surface area contributed by atoms with Crippen LogP contribution in [-0.2, 0) is 6.42 Å². The number of carbonyl (C=O) groups is 1. The molecule has 1 saturated carbocycles. The monoisotopic (exact) mass is 436 g/mol. The Bertz CT molecular complexity index is 921. The van der Waals surface area contributed by atoms with E-state index in [0.717, 1.165) is 30.4 Å². The van der Waals surface area contributed by atoms with Crippen LogP contribution < -0.4 is 4.74 Å². The summed E-state index contributed by atoms with van der Waals surface area (Å²) in [4.78, 5) is 15.1. The van der Waals surface area contributed by atoms with Crippen molar-refractivity contribution < 1.29 is 14.1 Å². The highest BCUT2D eigenvalue weighted by molar-refractivity contribution is 5.93. The lowest BCUT2D eigenvalue weighted by atomic mass is 9.78. The van der Waals surface area contributed by atoms with Crippen molar-refractivity contribution in [2.75, 3.05) is 26.2 Å². The standard InChI is InChI=1S/C27H36N2O3/c1-19-17-27(32-28-19)25(30)18-21-7-5-20(6-8-21)9-13-29-14-10-22(11-15-29)23-3-2-4-26-24(23)12-16-31-26/h2-4,17,20-22H,5-16,18H2,1H3. The molecular weight excluding hydrogens is 400 g/mol. The molecule has 0 atom stereocenters. The van der Waals surface area contributed by atoms with Gasteiger partial charge in [0.2, 0.25) is 11.5 Å². The maximum atomic E-state index is 12.4. The van der Waals surface area contributed by atoms with Gasteiger partial charge in [0, 0.05) is 24.5 Å². The van der Waals surface area contributed by atoms with Crippen LogP contribution in [0.15, 0.2) is 28.8 Å². The second kappa shape index (κ2) is 9.78. The predicted octanol–water partition coefficient (Wildman–Crippen LogP) is 5.57. The van der Waals surface area contributed by atoms with Gasteiger partial charge < -0.3 is 14.2 Å². The van der Waals surface area contributed by atoms with Gasteiger partial charge in [0.1, 0.15) is 5.75 Å². The topological polar surface area (TPSA) is 55.6 Å². The number of carbonyl (C=O) groups excluding carboxylic acids is 1. The molecule has 172 valence electrons. The fraction of sp³-hybridized carbons (Fsp3) is 0.630. The average molecular weight is 437 g/mol. The highest BCUT2D eigenvalue weighted by Gasteiger charge is 2.28. The van der Waals surface area contributed by atoms with Gasteiger partial charge in [-0.25, -0.2) is 0 Å². The second-order valence-corrected chi connectivity index (χ2v) is 10.2. The number of ketones is 1. The molecule has 0 N–H and O–H groups in total. The molecular formula is C27H36N2O3. The van der Waals surface area contributed by atoms with Gasteiger partial charge in [0.25, 0.3) is 0 Å². The van der Waals surface area contributed by atoms with E-state index >= 15 is 0 Å². The molecule has 5 heteroatoms. The number of Topliss-reactive ketones (excluding diaryl/α,β-unsaturated/α-hetero) is 1. The van der Waals surface area contributed by atoms with Crippen LogP contribution in [0, 0.1) is 18.8 Å². The van der Waals surface area contributed by atoms with E-state index in [1.807, 2.05) is 6.92 Å². The number of aromatic nitrogens is 1. The smallest absolute Gasteiger partial charge is 0.202 e. The SMILES string of the molecule is Cc1cc(C(=O)CC2CCC(CCN3CCC(c4cccc5c4CCO5)CC3)CC2)on1. The lowest BCUT2D eigenvalue weighted by Crippen LogP contribution is -2.35. The molecule has 32 heavy (non-hydrogen) atoms. The molecule has 0 unspecified atom stereocenters. The van der Waals surface area contributed by atoms with E-state index in [1.54, 1.807) is 11.6 Å². The van der Waals surface area contributed by atoms with Gasteiger partial charge in [0.15, 0.2) is 0 Å². The van der Waals surface area contributed by atoms with Crippen molar-refractivity contribution in [3.63, 3.8) is 0 Å². The van der Waals surface area contributed by atoms with Crippen LogP contribution in [0.5, 0.6) is 5.75 Å². The minimum absolute atomic E-state index is 0.118. The summed E-state index contributed by atoms with van der Waals surface area (Å²) in [6, 6.07) is 8.39. The molecule has 5 nitrogen and oxygen atoms in total. The Hall–Kier alpha value is -2.14. The summed E-state index contributed by atoms with van der Waals surface area (Å²) in [7, 11) is 0. The fourth-order valence-corrected chi connectivity index (χ4v) is 6.05. The van der Waals surface area contributed by atoms with E-state index in [9.17, 15) is 4.79 Å². The summed E-state index contributed by atoms with van der Waals surface area (Å²) in [6.45, 7) is 6.37. The van der Waals surface area contributed by atoms with Crippen LogP contribution in [0.2, 0.25) is 0 Å². The Morgan fingerprint density at radius 1 is 1.09 bits per heavy atom. The van der Waals surface area contributed by atoms with Gasteiger partial charge in [-0.15, -0.1) is 0 Å². The van der Waals surface area contributed by atoms with Crippen molar-refractivity contribution in [2.45, 2.75) is 70.6 Å². The molecule has 2 aromatic rings. The van der Waals surface area contributed by atoms with Crippen LogP contribution in [0.3, 0.4) is 0 Å². The average Bonchev–Trinajstić information content (AvgIpc) is 3.48. The van der Waals surface area contributed by atoms with Crippen LogP contribution >= 0.6 is 0 Å². The third-order valence-corrected chi connectivity index (χ3v) is 8.00. The number of piperidine rings is 1. The molecule has 0 amide bonds. The van der Waals surface area contributed by atoms with E-state index in [4.69, 9.17) is 9.26 Å². The fourth-order valence-electron chi connectivity index (χ4n) is 6.05. The quantitative estimate of drug-likeness (QED) is 0.531. The maximum Gasteiger partial charge on any atom is 0.202 e. The first-order valence-corrected chi connectivity index (χ1v) is 12.6. The number of aryl methyl sites for hydroxylation is 1. The van der Waals surface area contributed by atoms with Gasteiger partial charge in [0.05, 0.1) is 12.3 Å². The van der Waals surface area contributed by atoms with Crippen molar-refractivity contribution >= 4 is 5.78 Å². The highest BCUT2D eigenvalue weighted by Crippen LogP contribution is 2.38. The van der Waals surface area contributed by atoms with Gasteiger partial charge in [-0.1, -0.05) is 30.1 Å². The molecule has 3 heterocycles. The normalized spacial score (nSPS) is 24.3. The van der Waals surface area contributed by atoms with Crippen molar-refractivity contribution in [2.24, 2.45) is 11.8 Å². The summed E-state index contributed by atoms with van der Waals surface area (Å²) in [5.74, 6) is 3.70. The van der Waals surface area contributed by atoms with Crippen molar-refractivity contribution in [3.05, 3.63) is 46.8 Å². The first-order valence-electron chi connectivity index (χ1n) is 12.6. The molecule has 2 fully saturated rings. The van der Waals surface area contributed by atoms with Gasteiger partial charge in [-0.05, 0) is 88.0 Å². The minimum Gasteiger partial charge on any atom is -0.493 e. The van der Waals surface area contributed by atoms with Gasteiger partial charge in [-0.2, -0.15) is 0 Å². The molecule has 2 aliphatic heterocycles. The molecule has 1 aliphatic carbocycles. The number of benzene rings is 1. The molecule has 0 bridgehead atoms. The molecule has 0 radical (unpaired) electrons. The zero-order valence-electron chi connectivity index (χ0n) is 19.4. The summed E-state index contributed by atoms with van der Waals surface area (Å²) in [5, 5.41) is 3.84. The van der Waals surface area contributed by atoms with Crippen molar-refractivity contribution in [3.8, 4) is 5.75 Å². The number of hydrogen-bond acceptors (Lipinski definition) is 5. The van der Waals surface area contributed by atoms with E-state index in [-0.39, 0.29) is 5.78 Å². The number of rotatable bonds is 7. The number of hydrogen-bond donors (Lipinski definition) is 0. The molecule has 3 aliphatic rings. The third-order valence-electron chi connectivity index (χ3n) is 8.00. The lowest BCUT2D eigenvalue weighted by Gasteiger charge is -2.35. The number of likely N-dealkylation sites (tertiary alicyclic amines) is 1. The number of fused-ring (bicyclic) bond motifs is 1. The van der Waals surface area contributed by atoms with Crippen molar-refractivity contribution in [1.82, 2.24) is 10.1 Å². The third kappa shape index (κ3) is 4.93. The Kier molecular flexibility index (Phi) is 6.63. The summed E-state index contributed by atoms with van der Waals surface area (Å²) in [6.07, 6.45) is 10.4. The number of ether oxygens (including phenoxy) is 1. The summed E-state index contributed by atoms with van der Waals surface area (Å²) in [5.41, 5.74) is 3.80. The van der Waals surface area contributed by atoms with Crippen LogP contribution in [0.25, 0.3) is 0 Å². The predicted molar refractivity (Wildman–Crippen MR) is 124 cm³/mol. The summed E-state index contributed by atoms with van der Waals surface area (Å²) >= 11 is 0. The molecule has 1 saturated heterocycles. The largest absolute Gasteiger partial charge is 0.493 e. The molecule has 0 spiro atoms. The Morgan fingerprint density at radius 3 is 2.62 bits per heavy atom. The van der Waals surface area contributed by atoms with E-state index < -0.39 is 0 Å². The van der Waals surface area contributed by atoms with E-state index in [2.05, 4.69) is 28.3 Å². The zero-order valence-corrected chi connectivity index (χ0v) is 19.4. The molecule has 5 rings (SSSR count). The Balaban J connectivity index is 1.02. The highest BCUT2D eigenvalue weighted by atomic mass is 16.5. The summed E-state index contributed by atoms with van der Waals surface area (Å²) < 4.78 is 10.9. The van der Waals surface area contributed by atoms with Crippen molar-refractivity contribution in [1.29, 1.82) is 0 Å². The Labute approximate surface area is 191 Å². The van der Waals surface area contributed by atoms with Crippen LogP contribution in [-0.4, -0.2) is 42.1 Å². The maximum absolute atomic E-state index is 12.4. The number of nitrogens with zero attached hydrogens (tertiary/aromatic N) is 2. The Morgan fingerprint density at radius 2 is 1.88 bits per heavy atom. The van der Waals surface area contributed by atoms with Crippen LogP contribution in [0.1, 0.15) is 84.7 Å². The first kappa shape index (κ1) is 21.7. The second-order valence-electron chi connectivity index (χ2n) is 10.2. The lowest BCUT2D eigenvalue weighted by molar-refractivity contribution is 0.0903. The first-order chi connectivity index (χ1) is 15.7. The van der Waals surface area contributed by atoms with Gasteiger partial charge >= 0.3 is 0 Å². The zero-order chi connectivity index (χ0) is 21.9. The minimum atomic E-state index is 0.118. The van der Waals surface area contributed by atoms with E-state index in [1.165, 1.54) is 70.1 Å².